The first-order chi connectivity index (χ1) is 15.8. The van der Waals surface area contributed by atoms with Crippen LogP contribution in [0.2, 0.25) is 0 Å². The van der Waals surface area contributed by atoms with Crippen LogP contribution in [-0.4, -0.2) is 39.4 Å². The number of benzene rings is 3. The van der Waals surface area contributed by atoms with Crippen molar-refractivity contribution >= 4 is 21.6 Å². The third-order valence-electron chi connectivity index (χ3n) is 5.97. The smallest absolute Gasteiger partial charge is 0.268 e. The lowest BCUT2D eigenvalue weighted by molar-refractivity contribution is -0.130. The first-order valence-corrected chi connectivity index (χ1v) is 12.3. The lowest BCUT2D eigenvalue weighted by Crippen LogP contribution is -2.44. The number of aryl methyl sites for hydroxylation is 2. The Balaban J connectivity index is 1.70. The number of amides is 1. The zero-order valence-electron chi connectivity index (χ0n) is 19.1. The number of nitrogens with zero attached hydrogens (tertiary/aromatic N) is 2. The summed E-state index contributed by atoms with van der Waals surface area (Å²) >= 11 is 0. The summed E-state index contributed by atoms with van der Waals surface area (Å²) in [6, 6.07) is 20.2. The molecule has 0 fully saturated rings. The van der Waals surface area contributed by atoms with Gasteiger partial charge in [-0.3, -0.25) is 9.10 Å². The van der Waals surface area contributed by atoms with Crippen LogP contribution < -0.4 is 9.04 Å². The SMILES string of the molecule is COc1ccc(C)cc1S(=O)(=O)N(CC(=O)N1CCc2ccccc2C1)c1ccc(C)cc1. The number of rotatable bonds is 6. The Morgan fingerprint density at radius 2 is 1.64 bits per heavy atom. The first-order valence-electron chi connectivity index (χ1n) is 10.9. The van der Waals surface area contributed by atoms with Gasteiger partial charge in [-0.1, -0.05) is 48.0 Å². The highest BCUT2D eigenvalue weighted by molar-refractivity contribution is 7.93. The molecule has 0 saturated heterocycles. The van der Waals surface area contributed by atoms with Crippen LogP contribution in [0.15, 0.2) is 71.6 Å². The van der Waals surface area contributed by atoms with Crippen LogP contribution in [-0.2, 0) is 27.8 Å². The van der Waals surface area contributed by atoms with E-state index in [9.17, 15) is 13.2 Å². The minimum Gasteiger partial charge on any atom is -0.495 e. The predicted molar refractivity (Wildman–Crippen MR) is 129 cm³/mol. The molecule has 0 bridgehead atoms. The van der Waals surface area contributed by atoms with E-state index in [1.807, 2.05) is 44.2 Å². The number of hydrogen-bond acceptors (Lipinski definition) is 4. The van der Waals surface area contributed by atoms with Crippen molar-refractivity contribution in [2.75, 3.05) is 24.5 Å². The van der Waals surface area contributed by atoms with E-state index in [1.54, 1.807) is 35.2 Å². The third kappa shape index (κ3) is 4.73. The maximum atomic E-state index is 13.8. The molecule has 3 aromatic carbocycles. The van der Waals surface area contributed by atoms with E-state index in [-0.39, 0.29) is 23.1 Å². The molecule has 6 nitrogen and oxygen atoms in total. The second kappa shape index (κ2) is 9.27. The van der Waals surface area contributed by atoms with Crippen LogP contribution in [0.25, 0.3) is 0 Å². The molecule has 7 heteroatoms. The normalized spacial score (nSPS) is 13.4. The lowest BCUT2D eigenvalue weighted by atomic mass is 10.00. The van der Waals surface area contributed by atoms with Crippen molar-refractivity contribution in [1.82, 2.24) is 4.90 Å². The minimum absolute atomic E-state index is 0.0439. The molecule has 1 aliphatic heterocycles. The van der Waals surface area contributed by atoms with Gasteiger partial charge in [0.05, 0.1) is 12.8 Å². The number of carbonyl (C=O) groups excluding carboxylic acids is 1. The fraction of sp³-hybridized carbons (Fsp3) is 0.269. The van der Waals surface area contributed by atoms with Gasteiger partial charge in [0.25, 0.3) is 10.0 Å². The maximum Gasteiger partial charge on any atom is 0.268 e. The Bertz CT molecular complexity index is 1270. The van der Waals surface area contributed by atoms with Crippen molar-refractivity contribution in [2.24, 2.45) is 0 Å². The van der Waals surface area contributed by atoms with Crippen LogP contribution >= 0.6 is 0 Å². The van der Waals surface area contributed by atoms with Gasteiger partial charge in [0.15, 0.2) is 0 Å². The predicted octanol–water partition coefficient (Wildman–Crippen LogP) is 4.09. The molecule has 0 saturated carbocycles. The second-order valence-electron chi connectivity index (χ2n) is 8.34. The number of sulfonamides is 1. The number of methoxy groups -OCH3 is 1. The van der Waals surface area contributed by atoms with Crippen molar-refractivity contribution < 1.29 is 17.9 Å². The molecule has 0 radical (unpaired) electrons. The lowest BCUT2D eigenvalue weighted by Gasteiger charge is -2.32. The fourth-order valence-corrected chi connectivity index (χ4v) is 5.72. The molecule has 3 aromatic rings. The summed E-state index contributed by atoms with van der Waals surface area (Å²) in [5, 5.41) is 0. The van der Waals surface area contributed by atoms with E-state index in [2.05, 4.69) is 6.07 Å². The van der Waals surface area contributed by atoms with Gasteiger partial charge in [-0.05, 0) is 61.2 Å². The first kappa shape index (κ1) is 22.9. The van der Waals surface area contributed by atoms with Crippen LogP contribution in [0.5, 0.6) is 5.75 Å². The average Bonchev–Trinajstić information content (AvgIpc) is 2.82. The summed E-state index contributed by atoms with van der Waals surface area (Å²) in [6.45, 7) is 4.51. The van der Waals surface area contributed by atoms with Crippen molar-refractivity contribution in [1.29, 1.82) is 0 Å². The van der Waals surface area contributed by atoms with Gasteiger partial charge >= 0.3 is 0 Å². The molecule has 0 unspecified atom stereocenters. The van der Waals surface area contributed by atoms with Gasteiger partial charge in [-0.25, -0.2) is 8.42 Å². The van der Waals surface area contributed by atoms with E-state index in [1.165, 1.54) is 17.0 Å². The number of carbonyl (C=O) groups is 1. The molecule has 0 aliphatic carbocycles. The minimum atomic E-state index is -4.07. The molecule has 0 atom stereocenters. The van der Waals surface area contributed by atoms with Gasteiger partial charge in [0, 0.05) is 13.1 Å². The molecule has 1 aliphatic rings. The highest BCUT2D eigenvalue weighted by Gasteiger charge is 2.32. The molecule has 172 valence electrons. The van der Waals surface area contributed by atoms with Crippen molar-refractivity contribution in [2.45, 2.75) is 31.7 Å². The molecule has 0 spiro atoms. The molecule has 33 heavy (non-hydrogen) atoms. The van der Waals surface area contributed by atoms with E-state index in [0.717, 1.165) is 23.1 Å². The van der Waals surface area contributed by atoms with Crippen LogP contribution in [0.4, 0.5) is 5.69 Å². The van der Waals surface area contributed by atoms with E-state index in [0.29, 0.717) is 18.8 Å². The van der Waals surface area contributed by atoms with E-state index < -0.39 is 10.0 Å². The molecule has 1 amide bonds. The van der Waals surface area contributed by atoms with Gasteiger partial charge in [0.1, 0.15) is 17.2 Å². The molecule has 0 N–H and O–H groups in total. The summed E-state index contributed by atoms with van der Waals surface area (Å²) < 4.78 is 34.2. The Morgan fingerprint density at radius 3 is 2.33 bits per heavy atom. The quantitative estimate of drug-likeness (QED) is 0.551. The summed E-state index contributed by atoms with van der Waals surface area (Å²) in [7, 11) is -2.62. The Kier molecular flexibility index (Phi) is 6.42. The van der Waals surface area contributed by atoms with Gasteiger partial charge in [-0.2, -0.15) is 0 Å². The van der Waals surface area contributed by atoms with Crippen molar-refractivity contribution in [3.05, 3.63) is 89.0 Å². The monoisotopic (exact) mass is 464 g/mol. The topological polar surface area (TPSA) is 66.9 Å². The summed E-state index contributed by atoms with van der Waals surface area (Å²) in [6.07, 6.45) is 0.755. The summed E-state index contributed by atoms with van der Waals surface area (Å²) in [5.74, 6) is 0.0114. The zero-order chi connectivity index (χ0) is 23.6. The van der Waals surface area contributed by atoms with Gasteiger partial charge in [0.2, 0.25) is 5.91 Å². The van der Waals surface area contributed by atoms with Crippen LogP contribution in [0, 0.1) is 13.8 Å². The number of fused-ring (bicyclic) bond motifs is 1. The number of ether oxygens (including phenoxy) is 1. The van der Waals surface area contributed by atoms with E-state index >= 15 is 0 Å². The highest BCUT2D eigenvalue weighted by Crippen LogP contribution is 2.31. The Hall–Kier alpha value is -3.32. The van der Waals surface area contributed by atoms with Crippen molar-refractivity contribution in [3.8, 4) is 5.75 Å². The summed E-state index contributed by atoms with van der Waals surface area (Å²) in [5.41, 5.74) is 4.56. The zero-order valence-corrected chi connectivity index (χ0v) is 19.9. The molecular formula is C26H28N2O4S. The number of hydrogen-bond donors (Lipinski definition) is 0. The van der Waals surface area contributed by atoms with Gasteiger partial charge in [-0.15, -0.1) is 0 Å². The van der Waals surface area contributed by atoms with Crippen LogP contribution in [0.3, 0.4) is 0 Å². The average molecular weight is 465 g/mol. The van der Waals surface area contributed by atoms with Crippen molar-refractivity contribution in [3.63, 3.8) is 0 Å². The van der Waals surface area contributed by atoms with E-state index in [4.69, 9.17) is 4.74 Å². The Morgan fingerprint density at radius 1 is 0.970 bits per heavy atom. The number of anilines is 1. The van der Waals surface area contributed by atoms with Gasteiger partial charge < -0.3 is 9.64 Å². The largest absolute Gasteiger partial charge is 0.495 e. The Labute approximate surface area is 195 Å². The fourth-order valence-electron chi connectivity index (χ4n) is 4.06. The maximum absolute atomic E-state index is 13.8. The molecule has 1 heterocycles. The highest BCUT2D eigenvalue weighted by atomic mass is 32.2. The third-order valence-corrected chi connectivity index (χ3v) is 7.77. The second-order valence-corrected chi connectivity index (χ2v) is 10.2. The molecular weight excluding hydrogens is 436 g/mol. The standard InChI is InChI=1S/C26H28N2O4S/c1-19-8-11-23(12-9-19)28(33(30,31)25-16-20(2)10-13-24(25)32-3)18-26(29)27-15-14-21-6-4-5-7-22(21)17-27/h4-13,16H,14-15,17-18H2,1-3H3. The summed E-state index contributed by atoms with van der Waals surface area (Å²) in [4.78, 5) is 15.1. The molecule has 0 aromatic heterocycles. The van der Waals surface area contributed by atoms with Crippen LogP contribution in [0.1, 0.15) is 22.3 Å². The molecule has 4 rings (SSSR count).